The van der Waals surface area contributed by atoms with Crippen LogP contribution in [0.15, 0.2) is 72.8 Å². The van der Waals surface area contributed by atoms with E-state index in [1.165, 1.54) is 12.1 Å². The third-order valence-electron chi connectivity index (χ3n) is 5.07. The van der Waals surface area contributed by atoms with Crippen LogP contribution in [0, 0.1) is 5.82 Å². The lowest BCUT2D eigenvalue weighted by Gasteiger charge is -2.40. The number of ether oxygens (including phenoxy) is 3. The maximum absolute atomic E-state index is 13.0. The highest BCUT2D eigenvalue weighted by Gasteiger charge is 2.42. The topological polar surface area (TPSA) is 65.0 Å². The van der Waals surface area contributed by atoms with Crippen LogP contribution in [0.2, 0.25) is 0 Å². The minimum absolute atomic E-state index is 0.0497. The highest BCUT2D eigenvalue weighted by molar-refractivity contribution is 5.69. The predicted octanol–water partition coefficient (Wildman–Crippen LogP) is 4.94. The van der Waals surface area contributed by atoms with Crippen LogP contribution in [0.25, 0.3) is 0 Å². The smallest absolute Gasteiger partial charge is 0.304 e. The molecule has 5 nitrogen and oxygen atoms in total. The number of carbonyl (C=O) groups is 1. The van der Waals surface area contributed by atoms with Crippen molar-refractivity contribution in [3.8, 4) is 17.2 Å². The van der Waals surface area contributed by atoms with E-state index in [0.29, 0.717) is 37.1 Å². The average Bonchev–Trinajstić information content (AvgIpc) is 2.72. The van der Waals surface area contributed by atoms with Crippen LogP contribution in [-0.2, 0) is 21.6 Å². The van der Waals surface area contributed by atoms with Crippen molar-refractivity contribution in [2.75, 3.05) is 13.2 Å². The van der Waals surface area contributed by atoms with Crippen LogP contribution in [-0.4, -0.2) is 24.3 Å². The van der Waals surface area contributed by atoms with E-state index in [1.807, 2.05) is 48.5 Å². The van der Waals surface area contributed by atoms with E-state index in [1.54, 1.807) is 12.1 Å². The van der Waals surface area contributed by atoms with Crippen molar-refractivity contribution in [1.29, 1.82) is 0 Å². The Morgan fingerprint density at radius 2 is 1.67 bits per heavy atom. The summed E-state index contributed by atoms with van der Waals surface area (Å²) in [5.74, 6) is 0.740. The molecule has 0 amide bonds. The Hall–Kier alpha value is -3.38. The molecule has 1 fully saturated rings. The molecule has 0 bridgehead atoms. The molecule has 30 heavy (non-hydrogen) atoms. The van der Waals surface area contributed by atoms with Gasteiger partial charge >= 0.3 is 5.97 Å². The maximum Gasteiger partial charge on any atom is 0.304 e. The Bertz CT molecular complexity index is 1010. The molecule has 0 aromatic heterocycles. The molecular weight excluding hydrogens is 387 g/mol. The quantitative estimate of drug-likeness (QED) is 0.572. The highest BCUT2D eigenvalue weighted by atomic mass is 19.1. The number of hydrogen-bond donors (Lipinski definition) is 1. The van der Waals surface area contributed by atoms with Crippen molar-refractivity contribution in [1.82, 2.24) is 0 Å². The second-order valence-electron chi connectivity index (χ2n) is 7.36. The molecule has 3 aromatic carbocycles. The monoisotopic (exact) mass is 408 g/mol. The fourth-order valence-electron chi connectivity index (χ4n) is 3.42. The zero-order valence-corrected chi connectivity index (χ0v) is 16.2. The van der Waals surface area contributed by atoms with Gasteiger partial charge in [-0.05, 0) is 59.7 Å². The predicted molar refractivity (Wildman–Crippen MR) is 108 cm³/mol. The lowest BCUT2D eigenvalue weighted by molar-refractivity contribution is -0.145. The molecule has 0 atom stereocenters. The van der Waals surface area contributed by atoms with Gasteiger partial charge in [0.2, 0.25) is 0 Å². The van der Waals surface area contributed by atoms with Crippen molar-refractivity contribution in [2.45, 2.75) is 18.4 Å². The molecule has 3 aromatic rings. The Morgan fingerprint density at radius 3 is 2.30 bits per heavy atom. The van der Waals surface area contributed by atoms with Crippen LogP contribution < -0.4 is 9.47 Å². The van der Waals surface area contributed by atoms with Gasteiger partial charge in [-0.3, -0.25) is 4.79 Å². The van der Waals surface area contributed by atoms with Crippen LogP contribution in [0.3, 0.4) is 0 Å². The van der Waals surface area contributed by atoms with E-state index in [0.717, 1.165) is 11.1 Å². The number of rotatable bonds is 8. The first-order valence-electron chi connectivity index (χ1n) is 9.58. The van der Waals surface area contributed by atoms with Crippen molar-refractivity contribution in [2.24, 2.45) is 0 Å². The highest BCUT2D eigenvalue weighted by Crippen LogP contribution is 2.36. The van der Waals surface area contributed by atoms with E-state index in [9.17, 15) is 9.18 Å². The standard InChI is InChI=1S/C24H21FO5/c25-19-6-10-21(11-7-19)30-22-3-1-2-17(12-22)14-29-20-8-4-18(5-9-20)24(13-23(26)27)15-28-16-24/h1-12H,13-16H2,(H,26,27). The molecule has 1 aliphatic heterocycles. The van der Waals surface area contributed by atoms with Crippen molar-refractivity contribution >= 4 is 5.97 Å². The molecule has 0 radical (unpaired) electrons. The van der Waals surface area contributed by atoms with E-state index in [2.05, 4.69) is 0 Å². The number of carboxylic acids is 1. The van der Waals surface area contributed by atoms with Gasteiger partial charge in [0, 0.05) is 0 Å². The summed E-state index contributed by atoms with van der Waals surface area (Å²) in [7, 11) is 0. The summed E-state index contributed by atoms with van der Waals surface area (Å²) in [6.07, 6.45) is 0.0497. The Labute approximate surface area is 173 Å². The van der Waals surface area contributed by atoms with Gasteiger partial charge < -0.3 is 19.3 Å². The third kappa shape index (κ3) is 4.60. The number of aliphatic carboxylic acids is 1. The summed E-state index contributed by atoms with van der Waals surface area (Å²) >= 11 is 0. The van der Waals surface area contributed by atoms with Gasteiger partial charge in [-0.25, -0.2) is 4.39 Å². The number of halogens is 1. The van der Waals surface area contributed by atoms with Crippen LogP contribution >= 0.6 is 0 Å². The summed E-state index contributed by atoms with van der Waals surface area (Å²) in [4.78, 5) is 11.2. The molecule has 4 rings (SSSR count). The summed E-state index contributed by atoms with van der Waals surface area (Å²) in [5, 5.41) is 9.16. The van der Waals surface area contributed by atoms with E-state index in [4.69, 9.17) is 19.3 Å². The largest absolute Gasteiger partial charge is 0.489 e. The Kier molecular flexibility index (Phi) is 5.68. The molecule has 0 aliphatic carbocycles. The number of benzene rings is 3. The Balaban J connectivity index is 1.38. The van der Waals surface area contributed by atoms with Crippen molar-refractivity contribution in [3.05, 3.63) is 89.7 Å². The fourth-order valence-corrected chi connectivity index (χ4v) is 3.42. The maximum atomic E-state index is 13.0. The second-order valence-corrected chi connectivity index (χ2v) is 7.36. The molecule has 0 saturated carbocycles. The molecular formula is C24H21FO5. The van der Waals surface area contributed by atoms with Gasteiger partial charge in [-0.2, -0.15) is 0 Å². The van der Waals surface area contributed by atoms with Crippen LogP contribution in [0.5, 0.6) is 17.2 Å². The van der Waals surface area contributed by atoms with Gasteiger partial charge in [0.25, 0.3) is 0 Å². The van der Waals surface area contributed by atoms with Crippen LogP contribution in [0.1, 0.15) is 17.5 Å². The first-order valence-corrected chi connectivity index (χ1v) is 9.58. The normalized spacial score (nSPS) is 14.6. The molecule has 0 unspecified atom stereocenters. The summed E-state index contributed by atoms with van der Waals surface area (Å²) in [6, 6.07) is 20.8. The van der Waals surface area contributed by atoms with E-state index < -0.39 is 11.4 Å². The molecule has 154 valence electrons. The molecule has 6 heteroatoms. The van der Waals surface area contributed by atoms with Gasteiger partial charge in [-0.15, -0.1) is 0 Å². The van der Waals surface area contributed by atoms with Gasteiger partial charge in [0.1, 0.15) is 29.7 Å². The van der Waals surface area contributed by atoms with Crippen LogP contribution in [0.4, 0.5) is 4.39 Å². The molecule has 1 aliphatic rings. The lowest BCUT2D eigenvalue weighted by atomic mass is 9.76. The van der Waals surface area contributed by atoms with Gasteiger partial charge in [0.05, 0.1) is 25.0 Å². The number of hydrogen-bond acceptors (Lipinski definition) is 4. The van der Waals surface area contributed by atoms with E-state index in [-0.39, 0.29) is 12.2 Å². The lowest BCUT2D eigenvalue weighted by Crippen LogP contribution is -2.48. The third-order valence-corrected chi connectivity index (χ3v) is 5.07. The second kappa shape index (κ2) is 8.55. The average molecular weight is 408 g/mol. The first kappa shape index (κ1) is 19.9. The minimum atomic E-state index is -0.832. The molecule has 1 saturated heterocycles. The summed E-state index contributed by atoms with van der Waals surface area (Å²) < 4.78 is 29.9. The van der Waals surface area contributed by atoms with Gasteiger partial charge in [0.15, 0.2) is 0 Å². The SMILES string of the molecule is O=C(O)CC1(c2ccc(OCc3cccc(Oc4ccc(F)cc4)c3)cc2)COC1. The van der Waals surface area contributed by atoms with E-state index >= 15 is 0 Å². The van der Waals surface area contributed by atoms with Gasteiger partial charge in [-0.1, -0.05) is 24.3 Å². The summed E-state index contributed by atoms with van der Waals surface area (Å²) in [5.41, 5.74) is 1.42. The minimum Gasteiger partial charge on any atom is -0.489 e. The fraction of sp³-hybridized carbons (Fsp3) is 0.208. The zero-order valence-electron chi connectivity index (χ0n) is 16.2. The molecule has 1 N–H and O–H groups in total. The van der Waals surface area contributed by atoms with Crippen molar-refractivity contribution < 1.29 is 28.5 Å². The molecule has 0 spiro atoms. The summed E-state index contributed by atoms with van der Waals surface area (Å²) in [6.45, 7) is 1.18. The first-order chi connectivity index (χ1) is 14.5. The zero-order chi connectivity index (χ0) is 21.0. The molecule has 1 heterocycles. The number of carboxylic acid groups (broad SMARTS) is 1. The van der Waals surface area contributed by atoms with Crippen molar-refractivity contribution in [3.63, 3.8) is 0 Å². The Morgan fingerprint density at radius 1 is 0.967 bits per heavy atom.